The minimum Gasteiger partial charge on any atom is -0.497 e. The zero-order valence-corrected chi connectivity index (χ0v) is 22.3. The van der Waals surface area contributed by atoms with Gasteiger partial charge in [0.05, 0.1) is 18.3 Å². The van der Waals surface area contributed by atoms with E-state index >= 15 is 0 Å². The van der Waals surface area contributed by atoms with Gasteiger partial charge in [0.15, 0.2) is 0 Å². The first-order valence-corrected chi connectivity index (χ1v) is 13.3. The third-order valence-corrected chi connectivity index (χ3v) is 7.77. The van der Waals surface area contributed by atoms with Gasteiger partial charge in [-0.2, -0.15) is 22.5 Å². The number of carbonyl (C=O) groups is 1. The zero-order chi connectivity index (χ0) is 26.7. The molecule has 0 unspecified atom stereocenters. The molecule has 37 heavy (non-hydrogen) atoms. The van der Waals surface area contributed by atoms with Crippen molar-refractivity contribution in [3.63, 3.8) is 0 Å². The summed E-state index contributed by atoms with van der Waals surface area (Å²) < 4.78 is 37.2. The molecule has 12 heteroatoms. The highest BCUT2D eigenvalue weighted by Crippen LogP contribution is 2.27. The molecule has 4 aromatic rings. The number of rotatable bonds is 10. The quantitative estimate of drug-likeness (QED) is 0.307. The molecule has 2 aromatic carbocycles. The number of aromatic nitrogens is 3. The summed E-state index contributed by atoms with van der Waals surface area (Å²) in [5, 5.41) is 15.8. The second-order valence-corrected chi connectivity index (χ2v) is 10.6. The van der Waals surface area contributed by atoms with Crippen molar-refractivity contribution in [2.75, 3.05) is 13.7 Å². The minimum atomic E-state index is -4.27. The fourth-order valence-corrected chi connectivity index (χ4v) is 5.56. The van der Waals surface area contributed by atoms with Crippen LogP contribution in [0.25, 0.3) is 16.7 Å². The van der Waals surface area contributed by atoms with Gasteiger partial charge in [-0.3, -0.25) is 4.68 Å². The van der Waals surface area contributed by atoms with Crippen LogP contribution in [0.5, 0.6) is 5.75 Å². The Morgan fingerprint density at radius 1 is 1.19 bits per heavy atom. The number of benzene rings is 2. The molecular weight excluding hydrogens is 518 g/mol. The second kappa shape index (κ2) is 10.8. The molecule has 4 rings (SSSR count). The SMILES string of the molecule is COc1ccc(CNS(=O)(=O)N(CCCc2c(C)nn(C)c2-n2ccc3cc(Cl)ccc32)C(=O)O)cc1. The van der Waals surface area contributed by atoms with Crippen molar-refractivity contribution in [1.82, 2.24) is 23.4 Å². The van der Waals surface area contributed by atoms with E-state index in [2.05, 4.69) is 9.82 Å². The van der Waals surface area contributed by atoms with Gasteiger partial charge in [0.25, 0.3) is 0 Å². The molecule has 196 valence electrons. The Morgan fingerprint density at radius 3 is 2.59 bits per heavy atom. The fraction of sp³-hybridized carbons (Fsp3) is 0.280. The van der Waals surface area contributed by atoms with Gasteiger partial charge in [0.2, 0.25) is 0 Å². The summed E-state index contributed by atoms with van der Waals surface area (Å²) in [5.74, 6) is 1.47. The third-order valence-electron chi connectivity index (χ3n) is 6.10. The lowest BCUT2D eigenvalue weighted by Crippen LogP contribution is -2.44. The van der Waals surface area contributed by atoms with Crippen LogP contribution in [-0.4, -0.2) is 51.9 Å². The van der Waals surface area contributed by atoms with Crippen LogP contribution in [0.2, 0.25) is 5.02 Å². The average molecular weight is 546 g/mol. The zero-order valence-electron chi connectivity index (χ0n) is 20.7. The maximum absolute atomic E-state index is 12.8. The Labute approximate surface area is 220 Å². The number of amides is 1. The number of methoxy groups -OCH3 is 1. The molecule has 0 aliphatic heterocycles. The van der Waals surface area contributed by atoms with E-state index in [4.69, 9.17) is 16.3 Å². The van der Waals surface area contributed by atoms with E-state index in [9.17, 15) is 18.3 Å². The van der Waals surface area contributed by atoms with Gasteiger partial charge in [0.1, 0.15) is 11.6 Å². The standard InChI is InChI=1S/C25H28ClN5O5S/c1-17-22(24(29(2)28-17)30-14-12-19-15-20(26)8-11-23(19)30)5-4-13-31(25(32)33)37(34,35)27-16-18-6-9-21(36-3)10-7-18/h6-12,14-15,27H,4-5,13,16H2,1-3H3,(H,32,33). The Balaban J connectivity index is 1.48. The molecule has 0 saturated heterocycles. The van der Waals surface area contributed by atoms with E-state index in [0.29, 0.717) is 27.1 Å². The lowest BCUT2D eigenvalue weighted by Gasteiger charge is -2.20. The predicted octanol–water partition coefficient (Wildman–Crippen LogP) is 4.28. The third kappa shape index (κ3) is 5.74. The summed E-state index contributed by atoms with van der Waals surface area (Å²) in [6.07, 6.45) is 1.09. The Hall–Kier alpha value is -3.54. The largest absolute Gasteiger partial charge is 0.497 e. The molecule has 2 N–H and O–H groups in total. The van der Waals surface area contributed by atoms with Gasteiger partial charge < -0.3 is 14.4 Å². The summed E-state index contributed by atoms with van der Waals surface area (Å²) in [6.45, 7) is 1.62. The summed E-state index contributed by atoms with van der Waals surface area (Å²) >= 11 is 6.13. The second-order valence-electron chi connectivity index (χ2n) is 8.53. The smallest absolute Gasteiger partial charge is 0.422 e. The highest BCUT2D eigenvalue weighted by Gasteiger charge is 2.27. The number of ether oxygens (including phenoxy) is 1. The molecule has 0 spiro atoms. The highest BCUT2D eigenvalue weighted by atomic mass is 35.5. The molecule has 0 saturated carbocycles. The highest BCUT2D eigenvalue weighted by molar-refractivity contribution is 7.87. The van der Waals surface area contributed by atoms with Crippen molar-refractivity contribution >= 4 is 38.8 Å². The van der Waals surface area contributed by atoms with Crippen LogP contribution in [0.4, 0.5) is 4.79 Å². The number of hydrogen-bond acceptors (Lipinski definition) is 5. The first kappa shape index (κ1) is 26.5. The van der Waals surface area contributed by atoms with Crippen LogP contribution in [0, 0.1) is 6.92 Å². The first-order valence-electron chi connectivity index (χ1n) is 11.5. The Kier molecular flexibility index (Phi) is 7.76. The molecule has 1 amide bonds. The normalized spacial score (nSPS) is 11.7. The van der Waals surface area contributed by atoms with Crippen molar-refractivity contribution < 1.29 is 23.1 Å². The van der Waals surface area contributed by atoms with Crippen molar-refractivity contribution in [2.24, 2.45) is 7.05 Å². The molecule has 0 atom stereocenters. The van der Waals surface area contributed by atoms with Crippen molar-refractivity contribution in [3.05, 3.63) is 76.6 Å². The van der Waals surface area contributed by atoms with Gasteiger partial charge in [0, 0.05) is 42.3 Å². The number of nitrogens with zero attached hydrogens (tertiary/aromatic N) is 4. The number of fused-ring (bicyclic) bond motifs is 1. The lowest BCUT2D eigenvalue weighted by atomic mass is 10.1. The maximum atomic E-state index is 12.8. The number of halogens is 1. The predicted molar refractivity (Wildman–Crippen MR) is 142 cm³/mol. The topological polar surface area (TPSA) is 119 Å². The Bertz CT molecular complexity index is 1530. The number of nitrogens with one attached hydrogen (secondary N) is 1. The minimum absolute atomic E-state index is 0.0489. The molecule has 0 radical (unpaired) electrons. The van der Waals surface area contributed by atoms with Crippen LogP contribution in [0.1, 0.15) is 23.2 Å². The van der Waals surface area contributed by atoms with Gasteiger partial charge >= 0.3 is 16.3 Å². The number of aryl methyl sites for hydroxylation is 2. The number of hydrogen-bond donors (Lipinski definition) is 2. The molecule has 2 aromatic heterocycles. The van der Waals surface area contributed by atoms with Gasteiger partial charge in [-0.15, -0.1) is 0 Å². The molecule has 0 aliphatic carbocycles. The molecule has 2 heterocycles. The van der Waals surface area contributed by atoms with E-state index in [1.807, 2.05) is 49.0 Å². The van der Waals surface area contributed by atoms with Gasteiger partial charge in [-0.25, -0.2) is 4.79 Å². The van der Waals surface area contributed by atoms with Crippen molar-refractivity contribution in [1.29, 1.82) is 0 Å². The van der Waals surface area contributed by atoms with Crippen molar-refractivity contribution in [3.8, 4) is 11.6 Å². The number of carboxylic acid groups (broad SMARTS) is 1. The molecule has 0 fully saturated rings. The van der Waals surface area contributed by atoms with E-state index < -0.39 is 16.3 Å². The monoisotopic (exact) mass is 545 g/mol. The van der Waals surface area contributed by atoms with Crippen LogP contribution < -0.4 is 9.46 Å². The average Bonchev–Trinajstić information content (AvgIpc) is 3.38. The molecule has 0 aliphatic rings. The Morgan fingerprint density at radius 2 is 1.92 bits per heavy atom. The summed E-state index contributed by atoms with van der Waals surface area (Å²) in [6, 6.07) is 14.4. The molecule has 0 bridgehead atoms. The van der Waals surface area contributed by atoms with Gasteiger partial charge in [-0.1, -0.05) is 23.7 Å². The van der Waals surface area contributed by atoms with E-state index in [1.165, 1.54) is 7.11 Å². The maximum Gasteiger partial charge on any atom is 0.422 e. The van der Waals surface area contributed by atoms with E-state index in [-0.39, 0.29) is 19.5 Å². The molecule has 10 nitrogen and oxygen atoms in total. The van der Waals surface area contributed by atoms with Crippen LogP contribution in [-0.2, 0) is 30.2 Å². The fourth-order valence-electron chi connectivity index (χ4n) is 4.30. The summed E-state index contributed by atoms with van der Waals surface area (Å²) in [7, 11) is -0.892. The van der Waals surface area contributed by atoms with Crippen molar-refractivity contribution in [2.45, 2.75) is 26.3 Å². The van der Waals surface area contributed by atoms with Crippen LogP contribution >= 0.6 is 11.6 Å². The van der Waals surface area contributed by atoms with Crippen LogP contribution in [0.15, 0.2) is 54.7 Å². The van der Waals surface area contributed by atoms with Crippen LogP contribution in [0.3, 0.4) is 0 Å². The summed E-state index contributed by atoms with van der Waals surface area (Å²) in [4.78, 5) is 11.8. The van der Waals surface area contributed by atoms with E-state index in [0.717, 1.165) is 28.0 Å². The lowest BCUT2D eigenvalue weighted by molar-refractivity contribution is 0.171. The van der Waals surface area contributed by atoms with Gasteiger partial charge in [-0.05, 0) is 61.7 Å². The first-order chi connectivity index (χ1) is 17.6. The summed E-state index contributed by atoms with van der Waals surface area (Å²) in [5.41, 5.74) is 3.32. The van der Waals surface area contributed by atoms with E-state index in [1.54, 1.807) is 28.9 Å². The molecular formula is C25H28ClN5O5S.